The Bertz CT molecular complexity index is 156. The zero-order chi connectivity index (χ0) is 7.78. The lowest BCUT2D eigenvalue weighted by Crippen LogP contribution is -2.47. The highest BCUT2D eigenvalue weighted by Crippen LogP contribution is 2.27. The molecule has 1 aliphatic heterocycles. The smallest absolute Gasteiger partial charge is 0.279 e. The van der Waals surface area contributed by atoms with Crippen LogP contribution in [0.4, 0.5) is 4.79 Å². The van der Waals surface area contributed by atoms with Crippen LogP contribution in [0.15, 0.2) is 0 Å². The van der Waals surface area contributed by atoms with Crippen molar-refractivity contribution in [2.75, 3.05) is 0 Å². The van der Waals surface area contributed by atoms with Crippen LogP contribution in [0, 0.1) is 0 Å². The summed E-state index contributed by atoms with van der Waals surface area (Å²) in [4.78, 5) is 10.9. The molecule has 1 saturated heterocycles. The Kier molecular flexibility index (Phi) is 1.95. The molecule has 0 spiro atoms. The van der Waals surface area contributed by atoms with Gasteiger partial charge >= 0.3 is 0 Å². The van der Waals surface area contributed by atoms with Crippen LogP contribution in [-0.4, -0.2) is 16.0 Å². The lowest BCUT2D eigenvalue weighted by atomic mass is 9.99. The molecule has 0 aromatic carbocycles. The van der Waals surface area contributed by atoms with E-state index in [2.05, 4.69) is 26.1 Å². The molecule has 1 aliphatic rings. The highest BCUT2D eigenvalue weighted by molar-refractivity contribution is 8.14. The van der Waals surface area contributed by atoms with Crippen molar-refractivity contribution in [2.24, 2.45) is 0 Å². The topological polar surface area (TPSA) is 29.1 Å². The lowest BCUT2D eigenvalue weighted by molar-refractivity contribution is 0.246. The summed E-state index contributed by atoms with van der Waals surface area (Å²) >= 11 is 1.39. The zero-order valence-corrected chi connectivity index (χ0v) is 7.42. The van der Waals surface area contributed by atoms with Crippen molar-refractivity contribution in [3.8, 4) is 0 Å². The maximum Gasteiger partial charge on any atom is 0.279 e. The summed E-state index contributed by atoms with van der Waals surface area (Å²) < 4.78 is 0. The second-order valence-electron chi connectivity index (χ2n) is 3.43. The highest BCUT2D eigenvalue weighted by Gasteiger charge is 2.29. The summed E-state index contributed by atoms with van der Waals surface area (Å²) in [7, 11) is 0. The standard InChI is InChI=1S/C7H13NOS/c1-5-4-7(2,3)8-6(9)10-5/h5H,4H2,1-3H3,(H,8,9). The van der Waals surface area contributed by atoms with Crippen LogP contribution in [-0.2, 0) is 0 Å². The lowest BCUT2D eigenvalue weighted by Gasteiger charge is -2.33. The number of amides is 1. The van der Waals surface area contributed by atoms with Crippen molar-refractivity contribution >= 4 is 17.0 Å². The van der Waals surface area contributed by atoms with Crippen molar-refractivity contribution in [1.82, 2.24) is 5.32 Å². The number of thioether (sulfide) groups is 1. The van der Waals surface area contributed by atoms with Gasteiger partial charge in [-0.15, -0.1) is 0 Å². The number of carbonyl (C=O) groups is 1. The average molecular weight is 159 g/mol. The van der Waals surface area contributed by atoms with Crippen LogP contribution in [0.3, 0.4) is 0 Å². The maximum atomic E-state index is 10.9. The van der Waals surface area contributed by atoms with Gasteiger partial charge in [-0.2, -0.15) is 0 Å². The molecule has 1 heterocycles. The van der Waals surface area contributed by atoms with Crippen molar-refractivity contribution in [1.29, 1.82) is 0 Å². The zero-order valence-electron chi connectivity index (χ0n) is 6.60. The van der Waals surface area contributed by atoms with Crippen molar-refractivity contribution in [2.45, 2.75) is 38.0 Å². The third-order valence-corrected chi connectivity index (χ3v) is 2.43. The van der Waals surface area contributed by atoms with Gasteiger partial charge < -0.3 is 5.32 Å². The van der Waals surface area contributed by atoms with Crippen molar-refractivity contribution in [3.05, 3.63) is 0 Å². The van der Waals surface area contributed by atoms with Crippen LogP contribution in [0.1, 0.15) is 27.2 Å². The summed E-state index contributed by atoms with van der Waals surface area (Å²) in [5.41, 5.74) is 0.00174. The quantitative estimate of drug-likeness (QED) is 0.585. The van der Waals surface area contributed by atoms with E-state index in [9.17, 15) is 4.79 Å². The van der Waals surface area contributed by atoms with E-state index in [1.54, 1.807) is 0 Å². The van der Waals surface area contributed by atoms with Crippen LogP contribution in [0.5, 0.6) is 0 Å². The van der Waals surface area contributed by atoms with Crippen LogP contribution < -0.4 is 5.32 Å². The minimum Gasteiger partial charge on any atom is -0.342 e. The van der Waals surface area contributed by atoms with Crippen molar-refractivity contribution in [3.63, 3.8) is 0 Å². The van der Waals surface area contributed by atoms with E-state index < -0.39 is 0 Å². The van der Waals surface area contributed by atoms with Crippen LogP contribution in [0.25, 0.3) is 0 Å². The number of hydrogen-bond acceptors (Lipinski definition) is 2. The van der Waals surface area contributed by atoms with Gasteiger partial charge in [-0.1, -0.05) is 18.7 Å². The Balaban J connectivity index is 2.59. The fraction of sp³-hybridized carbons (Fsp3) is 0.857. The molecule has 1 amide bonds. The molecule has 0 aromatic rings. The average Bonchev–Trinajstić information content (AvgIpc) is 1.54. The summed E-state index contributed by atoms with van der Waals surface area (Å²) in [5, 5.41) is 3.49. The normalized spacial score (nSPS) is 31.5. The summed E-state index contributed by atoms with van der Waals surface area (Å²) in [5.74, 6) is 0. The molecule has 2 nitrogen and oxygen atoms in total. The predicted molar refractivity (Wildman–Crippen MR) is 44.3 cm³/mol. The van der Waals surface area contributed by atoms with Crippen LogP contribution in [0.2, 0.25) is 0 Å². The van der Waals surface area contributed by atoms with Gasteiger partial charge in [0.25, 0.3) is 5.24 Å². The van der Waals surface area contributed by atoms with Gasteiger partial charge in [-0.25, -0.2) is 0 Å². The van der Waals surface area contributed by atoms with Gasteiger partial charge in [0.1, 0.15) is 0 Å². The number of nitrogens with one attached hydrogen (secondary N) is 1. The van der Waals surface area contributed by atoms with E-state index in [-0.39, 0.29) is 10.8 Å². The first-order chi connectivity index (χ1) is 4.49. The van der Waals surface area contributed by atoms with Gasteiger partial charge in [0, 0.05) is 10.8 Å². The summed E-state index contributed by atoms with van der Waals surface area (Å²) in [6.45, 7) is 6.20. The molecule has 1 unspecified atom stereocenters. The first-order valence-electron chi connectivity index (χ1n) is 3.48. The molecule has 58 valence electrons. The van der Waals surface area contributed by atoms with E-state index in [0.29, 0.717) is 5.25 Å². The molecule has 1 rings (SSSR count). The Hall–Kier alpha value is -0.180. The number of carbonyl (C=O) groups excluding carboxylic acids is 1. The molecule has 1 N–H and O–H groups in total. The minimum absolute atomic E-state index is 0.00174. The molecule has 0 aliphatic carbocycles. The monoisotopic (exact) mass is 159 g/mol. The predicted octanol–water partition coefficient (Wildman–Crippen LogP) is 2.00. The molecule has 3 heteroatoms. The molecule has 0 aromatic heterocycles. The first kappa shape index (κ1) is 7.92. The van der Waals surface area contributed by atoms with E-state index >= 15 is 0 Å². The van der Waals surface area contributed by atoms with E-state index in [0.717, 1.165) is 6.42 Å². The third-order valence-electron chi connectivity index (χ3n) is 1.55. The maximum absolute atomic E-state index is 10.9. The fourth-order valence-electron chi connectivity index (χ4n) is 1.30. The number of rotatable bonds is 0. The summed E-state index contributed by atoms with van der Waals surface area (Å²) in [6.07, 6.45) is 1.06. The third kappa shape index (κ3) is 1.90. The van der Waals surface area contributed by atoms with E-state index in [1.165, 1.54) is 11.8 Å². The molecule has 0 bridgehead atoms. The Morgan fingerprint density at radius 1 is 1.70 bits per heavy atom. The van der Waals surface area contributed by atoms with E-state index in [4.69, 9.17) is 0 Å². The SMILES string of the molecule is CC1CC(C)(C)NC(=O)S1. The second kappa shape index (κ2) is 2.46. The molecular formula is C7H13NOS. The van der Waals surface area contributed by atoms with E-state index in [1.807, 2.05) is 0 Å². The number of hydrogen-bond donors (Lipinski definition) is 1. The van der Waals surface area contributed by atoms with Gasteiger partial charge in [-0.3, -0.25) is 4.79 Å². The Labute approximate surface area is 65.8 Å². The van der Waals surface area contributed by atoms with Crippen LogP contribution >= 0.6 is 11.8 Å². The molecular weight excluding hydrogens is 146 g/mol. The highest BCUT2D eigenvalue weighted by atomic mass is 32.2. The van der Waals surface area contributed by atoms with Gasteiger partial charge in [-0.05, 0) is 20.3 Å². The second-order valence-corrected chi connectivity index (χ2v) is 4.84. The minimum atomic E-state index is 0.00174. The molecule has 1 atom stereocenters. The largest absolute Gasteiger partial charge is 0.342 e. The van der Waals surface area contributed by atoms with Gasteiger partial charge in [0.2, 0.25) is 0 Å². The molecule has 0 radical (unpaired) electrons. The fourth-order valence-corrected chi connectivity index (χ4v) is 2.50. The Morgan fingerprint density at radius 3 is 2.70 bits per heavy atom. The molecule has 10 heavy (non-hydrogen) atoms. The molecule has 1 fully saturated rings. The summed E-state index contributed by atoms with van der Waals surface area (Å²) in [6, 6.07) is 0. The Morgan fingerprint density at radius 2 is 2.30 bits per heavy atom. The van der Waals surface area contributed by atoms with Gasteiger partial charge in [0.05, 0.1) is 0 Å². The molecule has 0 saturated carbocycles. The van der Waals surface area contributed by atoms with Gasteiger partial charge in [0.15, 0.2) is 0 Å². The first-order valence-corrected chi connectivity index (χ1v) is 4.36. The van der Waals surface area contributed by atoms with Crippen molar-refractivity contribution < 1.29 is 4.79 Å².